The minimum atomic E-state index is 0.0516. The normalized spacial score (nSPS) is 10.9. The quantitative estimate of drug-likeness (QED) is 0.297. The van der Waals surface area contributed by atoms with Crippen LogP contribution in [-0.4, -0.2) is 48.0 Å². The van der Waals surface area contributed by atoms with Crippen molar-refractivity contribution in [3.8, 4) is 11.4 Å². The topological polar surface area (TPSA) is 78.3 Å². The highest BCUT2D eigenvalue weighted by Crippen LogP contribution is 2.28. The van der Waals surface area contributed by atoms with Crippen molar-refractivity contribution in [1.29, 1.82) is 0 Å². The van der Waals surface area contributed by atoms with Gasteiger partial charge in [0.25, 0.3) is 0 Å². The summed E-state index contributed by atoms with van der Waals surface area (Å²) in [5, 5.41) is 12.7. The Bertz CT molecular complexity index is 1040. The second kappa shape index (κ2) is 13.0. The van der Waals surface area contributed by atoms with Crippen molar-refractivity contribution in [3.63, 3.8) is 0 Å². The number of methoxy groups -OCH3 is 2. The minimum absolute atomic E-state index is 0.0516. The van der Waals surface area contributed by atoms with Gasteiger partial charge in [0.05, 0.1) is 19.4 Å². The molecule has 8 heteroatoms. The van der Waals surface area contributed by atoms with Gasteiger partial charge in [-0.1, -0.05) is 47.7 Å². The summed E-state index contributed by atoms with van der Waals surface area (Å²) in [7, 11) is 3.29. The first-order chi connectivity index (χ1) is 16.1. The van der Waals surface area contributed by atoms with Crippen molar-refractivity contribution >= 4 is 17.7 Å². The zero-order valence-corrected chi connectivity index (χ0v) is 20.4. The SMILES string of the molecule is COCCNC(=O)CCCCc1nnc(SCc2cccc(C)c2)n1-c1cccc(OC)c1. The second-order valence-electron chi connectivity index (χ2n) is 7.76. The van der Waals surface area contributed by atoms with E-state index in [1.54, 1.807) is 26.0 Å². The predicted molar refractivity (Wildman–Crippen MR) is 131 cm³/mol. The van der Waals surface area contributed by atoms with Crippen molar-refractivity contribution in [3.05, 3.63) is 65.5 Å². The van der Waals surface area contributed by atoms with Gasteiger partial charge < -0.3 is 14.8 Å². The van der Waals surface area contributed by atoms with Crippen LogP contribution in [0.5, 0.6) is 5.75 Å². The summed E-state index contributed by atoms with van der Waals surface area (Å²) in [5.41, 5.74) is 3.47. The van der Waals surface area contributed by atoms with Gasteiger partial charge in [0.15, 0.2) is 5.16 Å². The molecular formula is C25H32N4O3S. The molecule has 1 amide bonds. The molecule has 0 saturated carbocycles. The molecule has 0 aliphatic heterocycles. The number of nitrogens with zero attached hydrogens (tertiary/aromatic N) is 3. The Morgan fingerprint density at radius 3 is 2.73 bits per heavy atom. The molecule has 3 aromatic rings. The summed E-state index contributed by atoms with van der Waals surface area (Å²) in [4.78, 5) is 11.9. The van der Waals surface area contributed by atoms with Crippen LogP contribution in [0.1, 0.15) is 36.2 Å². The van der Waals surface area contributed by atoms with Gasteiger partial charge in [-0.05, 0) is 37.5 Å². The molecule has 3 rings (SSSR count). The number of aromatic nitrogens is 3. The summed E-state index contributed by atoms with van der Waals surface area (Å²) in [6, 6.07) is 16.4. The molecule has 0 fully saturated rings. The molecule has 0 radical (unpaired) electrons. The summed E-state index contributed by atoms with van der Waals surface area (Å²) < 4.78 is 12.5. The van der Waals surface area contributed by atoms with Gasteiger partial charge in [-0.25, -0.2) is 0 Å². The lowest BCUT2D eigenvalue weighted by molar-refractivity contribution is -0.121. The predicted octanol–water partition coefficient (Wildman–Crippen LogP) is 4.35. The first-order valence-corrected chi connectivity index (χ1v) is 12.1. The maximum atomic E-state index is 11.9. The number of carbonyl (C=O) groups is 1. The van der Waals surface area contributed by atoms with Gasteiger partial charge >= 0.3 is 0 Å². The largest absolute Gasteiger partial charge is 0.497 e. The van der Waals surface area contributed by atoms with E-state index >= 15 is 0 Å². The van der Waals surface area contributed by atoms with Crippen LogP contribution in [-0.2, 0) is 21.7 Å². The van der Waals surface area contributed by atoms with Crippen LogP contribution in [0.15, 0.2) is 53.7 Å². The number of ether oxygens (including phenoxy) is 2. The maximum absolute atomic E-state index is 11.9. The van der Waals surface area contributed by atoms with E-state index in [1.807, 2.05) is 24.3 Å². The summed E-state index contributed by atoms with van der Waals surface area (Å²) in [5.74, 6) is 2.53. The first-order valence-electron chi connectivity index (χ1n) is 11.1. The standard InChI is InChI=1S/C25H32N4O3S/c1-19-8-6-9-20(16-19)18-33-25-28-27-23(12-4-5-13-24(30)26-14-15-31-2)29(25)21-10-7-11-22(17-21)32-3/h6-11,16-17H,4-5,12-15,18H2,1-3H3,(H,26,30). The van der Waals surface area contributed by atoms with Crippen molar-refractivity contribution < 1.29 is 14.3 Å². The van der Waals surface area contributed by atoms with Gasteiger partial charge in [-0.15, -0.1) is 10.2 Å². The molecule has 0 aliphatic rings. The number of thioether (sulfide) groups is 1. The van der Waals surface area contributed by atoms with E-state index in [-0.39, 0.29) is 5.91 Å². The number of aryl methyl sites for hydroxylation is 2. The second-order valence-corrected chi connectivity index (χ2v) is 8.71. The summed E-state index contributed by atoms with van der Waals surface area (Å²) in [6.45, 7) is 3.17. The van der Waals surface area contributed by atoms with Crippen molar-refractivity contribution in [1.82, 2.24) is 20.1 Å². The highest BCUT2D eigenvalue weighted by atomic mass is 32.2. The third-order valence-electron chi connectivity index (χ3n) is 5.14. The van der Waals surface area contributed by atoms with E-state index < -0.39 is 0 Å². The number of unbranched alkanes of at least 4 members (excludes halogenated alkanes) is 1. The molecule has 0 atom stereocenters. The number of amides is 1. The Labute approximate surface area is 199 Å². The summed E-state index contributed by atoms with van der Waals surface area (Å²) >= 11 is 1.67. The van der Waals surface area contributed by atoms with Crippen LogP contribution < -0.4 is 10.1 Å². The lowest BCUT2D eigenvalue weighted by Gasteiger charge is -2.12. The Hall–Kier alpha value is -2.84. The fourth-order valence-electron chi connectivity index (χ4n) is 3.46. The molecule has 0 saturated heterocycles. The number of benzene rings is 2. The zero-order valence-electron chi connectivity index (χ0n) is 19.5. The molecule has 7 nitrogen and oxygen atoms in total. The van der Waals surface area contributed by atoms with E-state index in [0.29, 0.717) is 19.6 Å². The van der Waals surface area contributed by atoms with Gasteiger partial charge in [-0.2, -0.15) is 0 Å². The van der Waals surface area contributed by atoms with Crippen LogP contribution in [0.25, 0.3) is 5.69 Å². The molecule has 0 aliphatic carbocycles. The minimum Gasteiger partial charge on any atom is -0.497 e. The van der Waals surface area contributed by atoms with Gasteiger partial charge in [0.2, 0.25) is 5.91 Å². The summed E-state index contributed by atoms with van der Waals surface area (Å²) in [6.07, 6.45) is 2.87. The van der Waals surface area contributed by atoms with Crippen LogP contribution in [0.3, 0.4) is 0 Å². The average Bonchev–Trinajstić information content (AvgIpc) is 3.23. The molecule has 0 bridgehead atoms. The van der Waals surface area contributed by atoms with E-state index in [2.05, 4.69) is 51.3 Å². The Morgan fingerprint density at radius 2 is 1.94 bits per heavy atom. The molecule has 176 valence electrons. The number of hydrogen-bond donors (Lipinski definition) is 1. The van der Waals surface area contributed by atoms with E-state index in [4.69, 9.17) is 9.47 Å². The number of carbonyl (C=O) groups excluding carboxylic acids is 1. The lowest BCUT2D eigenvalue weighted by Crippen LogP contribution is -2.26. The third kappa shape index (κ3) is 7.61. The first kappa shape index (κ1) is 24.8. The smallest absolute Gasteiger partial charge is 0.220 e. The van der Waals surface area contributed by atoms with Crippen LogP contribution in [0.4, 0.5) is 0 Å². The Balaban J connectivity index is 1.69. The van der Waals surface area contributed by atoms with Gasteiger partial charge in [0.1, 0.15) is 11.6 Å². The monoisotopic (exact) mass is 468 g/mol. The number of rotatable bonds is 13. The Morgan fingerprint density at radius 1 is 1.09 bits per heavy atom. The average molecular weight is 469 g/mol. The highest BCUT2D eigenvalue weighted by Gasteiger charge is 2.15. The van der Waals surface area contributed by atoms with E-state index in [1.165, 1.54) is 11.1 Å². The maximum Gasteiger partial charge on any atom is 0.220 e. The molecule has 0 spiro atoms. The fraction of sp³-hybridized carbons (Fsp3) is 0.400. The van der Waals surface area contributed by atoms with E-state index in [9.17, 15) is 4.79 Å². The van der Waals surface area contributed by atoms with Crippen LogP contribution in [0, 0.1) is 6.92 Å². The van der Waals surface area contributed by atoms with Crippen LogP contribution in [0.2, 0.25) is 0 Å². The van der Waals surface area contributed by atoms with Gasteiger partial charge in [-0.3, -0.25) is 9.36 Å². The molecule has 33 heavy (non-hydrogen) atoms. The number of hydrogen-bond acceptors (Lipinski definition) is 6. The molecule has 0 unspecified atom stereocenters. The van der Waals surface area contributed by atoms with Crippen molar-refractivity contribution in [2.75, 3.05) is 27.4 Å². The zero-order chi connectivity index (χ0) is 23.5. The molecule has 1 heterocycles. The molecular weight excluding hydrogens is 436 g/mol. The number of nitrogens with one attached hydrogen (secondary N) is 1. The van der Waals surface area contributed by atoms with Crippen LogP contribution >= 0.6 is 11.8 Å². The van der Waals surface area contributed by atoms with Crippen molar-refractivity contribution in [2.45, 2.75) is 43.5 Å². The molecule has 2 aromatic carbocycles. The highest BCUT2D eigenvalue weighted by molar-refractivity contribution is 7.98. The molecule has 1 N–H and O–H groups in total. The van der Waals surface area contributed by atoms with E-state index in [0.717, 1.165) is 47.4 Å². The molecule has 1 aromatic heterocycles. The lowest BCUT2D eigenvalue weighted by atomic mass is 10.1. The Kier molecular flexibility index (Phi) is 9.77. The third-order valence-corrected chi connectivity index (χ3v) is 6.14. The fourth-order valence-corrected chi connectivity index (χ4v) is 4.38. The van der Waals surface area contributed by atoms with Gasteiger partial charge in [0, 0.05) is 38.3 Å². The van der Waals surface area contributed by atoms with Crippen molar-refractivity contribution in [2.24, 2.45) is 0 Å².